The number of hydrogen-bond donors (Lipinski definition) is 4. The molecule has 0 radical (unpaired) electrons. The van der Waals surface area contributed by atoms with Crippen molar-refractivity contribution in [1.82, 2.24) is 0 Å². The van der Waals surface area contributed by atoms with Gasteiger partial charge in [-0.3, -0.25) is 0 Å². The second-order valence-corrected chi connectivity index (χ2v) is 5.36. The molecule has 0 aliphatic heterocycles. The Labute approximate surface area is 138 Å². The fraction of sp³-hybridized carbons (Fsp3) is 0.368. The first kappa shape index (κ1) is 18.8. The molecule has 2 aromatic rings. The van der Waals surface area contributed by atoms with Gasteiger partial charge in [0.1, 0.15) is 5.75 Å². The summed E-state index contributed by atoms with van der Waals surface area (Å²) in [5.41, 5.74) is 8.34. The van der Waals surface area contributed by atoms with Crippen molar-refractivity contribution in [3.8, 4) is 17.2 Å². The topological polar surface area (TPSA) is 86.7 Å². The molecule has 0 aliphatic rings. The third-order valence-electron chi connectivity index (χ3n) is 4.06. The monoisotopic (exact) mass is 317 g/mol. The molecule has 4 heteroatoms. The Morgan fingerprint density at radius 1 is 0.957 bits per heavy atom. The molecule has 1 atom stereocenters. The van der Waals surface area contributed by atoms with Crippen LogP contribution in [0.15, 0.2) is 30.3 Å². The Balaban J connectivity index is 0.00000127. The Hall–Kier alpha value is -2.20. The number of rotatable bonds is 4. The minimum Gasteiger partial charge on any atom is -0.507 e. The molecule has 0 aromatic heterocycles. The fourth-order valence-electron chi connectivity index (χ4n) is 2.86. The van der Waals surface area contributed by atoms with E-state index in [-0.39, 0.29) is 17.4 Å². The van der Waals surface area contributed by atoms with Gasteiger partial charge >= 0.3 is 0 Å². The lowest BCUT2D eigenvalue weighted by Gasteiger charge is -2.21. The zero-order chi connectivity index (χ0) is 17.6. The van der Waals surface area contributed by atoms with Gasteiger partial charge < -0.3 is 21.1 Å². The Kier molecular flexibility index (Phi) is 6.91. The summed E-state index contributed by atoms with van der Waals surface area (Å²) in [5.74, 6) is 0.214. The molecule has 0 amide bonds. The number of nitrogens with two attached hydrogens (primary N) is 1. The van der Waals surface area contributed by atoms with E-state index in [1.54, 1.807) is 6.07 Å². The largest absolute Gasteiger partial charge is 0.507 e. The van der Waals surface area contributed by atoms with Crippen LogP contribution in [0, 0.1) is 6.92 Å². The molecule has 0 aliphatic carbocycles. The maximum Gasteiger partial charge on any atom is 0.157 e. The summed E-state index contributed by atoms with van der Waals surface area (Å²) in [4.78, 5) is 0. The molecule has 1 unspecified atom stereocenters. The maximum absolute atomic E-state index is 10.3. The summed E-state index contributed by atoms with van der Waals surface area (Å²) in [6.45, 7) is 6.00. The van der Waals surface area contributed by atoms with E-state index in [4.69, 9.17) is 0 Å². The molecule has 2 aromatic carbocycles. The van der Waals surface area contributed by atoms with E-state index in [9.17, 15) is 15.3 Å². The minimum atomic E-state index is -0.115. The van der Waals surface area contributed by atoms with Crippen molar-refractivity contribution in [2.45, 2.75) is 39.5 Å². The van der Waals surface area contributed by atoms with Crippen LogP contribution in [0.4, 0.5) is 0 Å². The number of hydrogen-bond acceptors (Lipinski definition) is 4. The van der Waals surface area contributed by atoms with Gasteiger partial charge in [-0.05, 0) is 61.2 Å². The van der Waals surface area contributed by atoms with E-state index in [0.29, 0.717) is 5.75 Å². The Morgan fingerprint density at radius 3 is 2.13 bits per heavy atom. The van der Waals surface area contributed by atoms with Gasteiger partial charge in [0.25, 0.3) is 0 Å². The number of aryl methyl sites for hydroxylation is 1. The summed E-state index contributed by atoms with van der Waals surface area (Å²) in [6.07, 6.45) is 1.60. The van der Waals surface area contributed by atoms with Crippen LogP contribution >= 0.6 is 0 Å². The SMILES string of the molecule is CCc1c(C(CC)c2ccc(O)c(O)c2)ccc(C)c1O.CN. The zero-order valence-corrected chi connectivity index (χ0v) is 14.3. The molecule has 0 saturated heterocycles. The van der Waals surface area contributed by atoms with Crippen molar-refractivity contribution in [3.05, 3.63) is 52.6 Å². The van der Waals surface area contributed by atoms with Crippen molar-refractivity contribution >= 4 is 0 Å². The van der Waals surface area contributed by atoms with Crippen LogP contribution < -0.4 is 5.73 Å². The predicted octanol–water partition coefficient (Wildman–Crippen LogP) is 3.79. The van der Waals surface area contributed by atoms with Crippen LogP contribution in [0.5, 0.6) is 17.2 Å². The van der Waals surface area contributed by atoms with Crippen LogP contribution in [0.1, 0.15) is 48.4 Å². The highest BCUT2D eigenvalue weighted by Crippen LogP contribution is 2.38. The lowest BCUT2D eigenvalue weighted by molar-refractivity contribution is 0.403. The summed E-state index contributed by atoms with van der Waals surface area (Å²) in [6, 6.07) is 8.89. The van der Waals surface area contributed by atoms with Gasteiger partial charge in [0.15, 0.2) is 11.5 Å². The summed E-state index contributed by atoms with van der Waals surface area (Å²) in [7, 11) is 1.50. The van der Waals surface area contributed by atoms with Crippen LogP contribution in [0.2, 0.25) is 0 Å². The van der Waals surface area contributed by atoms with E-state index in [1.807, 2.05) is 32.0 Å². The van der Waals surface area contributed by atoms with Crippen LogP contribution in [0.3, 0.4) is 0 Å². The van der Waals surface area contributed by atoms with Crippen LogP contribution in [0.25, 0.3) is 0 Å². The van der Waals surface area contributed by atoms with Crippen molar-refractivity contribution < 1.29 is 15.3 Å². The standard InChI is InChI=1S/C18H22O3.CH5N/c1-4-13(12-7-9-16(19)17(20)10-12)15-8-6-11(3)18(21)14(15)5-2;1-2/h6-10,13,19-21H,4-5H2,1-3H3;2H2,1H3. The van der Waals surface area contributed by atoms with Gasteiger partial charge in [-0.2, -0.15) is 0 Å². The number of benzene rings is 2. The first-order valence-corrected chi connectivity index (χ1v) is 7.90. The number of phenolic OH excluding ortho intramolecular Hbond substituents is 3. The van der Waals surface area contributed by atoms with Crippen LogP contribution in [-0.4, -0.2) is 22.4 Å². The van der Waals surface area contributed by atoms with Gasteiger partial charge in [0.2, 0.25) is 0 Å². The molecule has 126 valence electrons. The van der Waals surface area contributed by atoms with E-state index in [0.717, 1.165) is 35.1 Å². The lowest BCUT2D eigenvalue weighted by atomic mass is 9.84. The zero-order valence-electron chi connectivity index (χ0n) is 14.3. The summed E-state index contributed by atoms with van der Waals surface area (Å²) in [5, 5.41) is 29.5. The highest BCUT2D eigenvalue weighted by atomic mass is 16.3. The smallest absolute Gasteiger partial charge is 0.157 e. The van der Waals surface area contributed by atoms with Crippen LogP contribution in [-0.2, 0) is 6.42 Å². The van der Waals surface area contributed by atoms with Gasteiger partial charge in [-0.25, -0.2) is 0 Å². The van der Waals surface area contributed by atoms with E-state index in [1.165, 1.54) is 13.1 Å². The van der Waals surface area contributed by atoms with Crippen molar-refractivity contribution in [2.75, 3.05) is 7.05 Å². The second-order valence-electron chi connectivity index (χ2n) is 5.36. The molecular weight excluding hydrogens is 290 g/mol. The summed E-state index contributed by atoms with van der Waals surface area (Å²) < 4.78 is 0. The average molecular weight is 317 g/mol. The molecular formula is C19H27NO3. The van der Waals surface area contributed by atoms with Crippen molar-refractivity contribution in [2.24, 2.45) is 5.73 Å². The van der Waals surface area contributed by atoms with Crippen molar-refractivity contribution in [3.63, 3.8) is 0 Å². The molecule has 4 nitrogen and oxygen atoms in total. The van der Waals surface area contributed by atoms with Gasteiger partial charge in [0.05, 0.1) is 0 Å². The molecule has 0 heterocycles. The summed E-state index contributed by atoms with van der Waals surface area (Å²) >= 11 is 0. The molecule has 0 saturated carbocycles. The lowest BCUT2D eigenvalue weighted by Crippen LogP contribution is -2.04. The number of aromatic hydroxyl groups is 3. The van der Waals surface area contributed by atoms with Crippen molar-refractivity contribution in [1.29, 1.82) is 0 Å². The van der Waals surface area contributed by atoms with E-state index >= 15 is 0 Å². The molecule has 0 spiro atoms. The average Bonchev–Trinajstić information content (AvgIpc) is 2.57. The normalized spacial score (nSPS) is 11.5. The maximum atomic E-state index is 10.3. The third-order valence-corrected chi connectivity index (χ3v) is 4.06. The first-order chi connectivity index (χ1) is 11.0. The Morgan fingerprint density at radius 2 is 1.61 bits per heavy atom. The fourth-order valence-corrected chi connectivity index (χ4v) is 2.86. The minimum absolute atomic E-state index is 0.0814. The molecule has 2 rings (SSSR count). The first-order valence-electron chi connectivity index (χ1n) is 7.90. The van der Waals surface area contributed by atoms with Gasteiger partial charge in [-0.15, -0.1) is 0 Å². The molecule has 23 heavy (non-hydrogen) atoms. The Bertz CT molecular complexity index is 653. The molecule has 5 N–H and O–H groups in total. The number of phenols is 3. The predicted molar refractivity (Wildman–Crippen MR) is 94.2 cm³/mol. The van der Waals surface area contributed by atoms with Gasteiger partial charge in [-0.1, -0.05) is 32.0 Å². The molecule has 0 fully saturated rings. The van der Waals surface area contributed by atoms with E-state index in [2.05, 4.69) is 12.7 Å². The highest BCUT2D eigenvalue weighted by molar-refractivity contribution is 5.51. The van der Waals surface area contributed by atoms with Gasteiger partial charge in [0, 0.05) is 5.92 Å². The quantitative estimate of drug-likeness (QED) is 0.646. The van der Waals surface area contributed by atoms with E-state index < -0.39 is 0 Å². The second kappa shape index (κ2) is 8.44. The third kappa shape index (κ3) is 3.96. The highest BCUT2D eigenvalue weighted by Gasteiger charge is 2.19. The molecule has 0 bridgehead atoms.